The van der Waals surface area contributed by atoms with Crippen LogP contribution in [-0.2, 0) is 16.1 Å². The van der Waals surface area contributed by atoms with Gasteiger partial charge in [0.15, 0.2) is 5.82 Å². The van der Waals surface area contributed by atoms with Crippen molar-refractivity contribution in [2.75, 3.05) is 56.7 Å². The second-order valence-electron chi connectivity index (χ2n) is 10.3. The normalized spacial score (nSPS) is 17.5. The Labute approximate surface area is 227 Å². The Morgan fingerprint density at radius 1 is 1.23 bits per heavy atom. The van der Waals surface area contributed by atoms with E-state index in [2.05, 4.69) is 32.9 Å². The Morgan fingerprint density at radius 3 is 2.69 bits per heavy atom. The number of methoxy groups -OCH3 is 1. The van der Waals surface area contributed by atoms with Crippen LogP contribution in [0.4, 0.5) is 17.3 Å². The van der Waals surface area contributed by atoms with Crippen molar-refractivity contribution in [3.8, 4) is 11.6 Å². The maximum atomic E-state index is 12.1. The first-order valence-electron chi connectivity index (χ1n) is 13.4. The van der Waals surface area contributed by atoms with Crippen molar-refractivity contribution in [2.45, 2.75) is 31.7 Å². The van der Waals surface area contributed by atoms with Crippen molar-refractivity contribution in [3.63, 3.8) is 0 Å². The average Bonchev–Trinajstić information content (AvgIpc) is 3.69. The van der Waals surface area contributed by atoms with Gasteiger partial charge in [-0.05, 0) is 38.4 Å². The fourth-order valence-electron chi connectivity index (χ4n) is 5.08. The zero-order valence-electron chi connectivity index (χ0n) is 22.2. The first-order valence-corrected chi connectivity index (χ1v) is 13.4. The van der Waals surface area contributed by atoms with Crippen LogP contribution in [0.5, 0.6) is 5.75 Å². The number of nitrogens with two attached hydrogens (primary N) is 1. The number of nitrogens with one attached hydrogen (secondary N) is 1. The number of hydrogen-bond donors (Lipinski definition) is 2. The number of likely N-dealkylation sites (tertiary alicyclic amines) is 1. The minimum absolute atomic E-state index is 0.218. The van der Waals surface area contributed by atoms with Crippen LogP contribution in [0.2, 0.25) is 0 Å². The Balaban J connectivity index is 1.31. The summed E-state index contributed by atoms with van der Waals surface area (Å²) in [7, 11) is 1.60. The molecular formula is C28H34N8O3. The van der Waals surface area contributed by atoms with Gasteiger partial charge in [0.05, 0.1) is 31.7 Å². The SMILES string of the molecule is C=C(C(N)=O)c1cc(Nc2nccc(-n3cc(CN4CCC4)c(C4CC4)n3)n2)c(OC)cc1N1CCOCC1. The topological polar surface area (TPSA) is 124 Å². The van der Waals surface area contributed by atoms with Gasteiger partial charge < -0.3 is 25.4 Å². The van der Waals surface area contributed by atoms with E-state index in [-0.39, 0.29) is 5.57 Å². The lowest BCUT2D eigenvalue weighted by Gasteiger charge is -2.31. The van der Waals surface area contributed by atoms with Crippen LogP contribution in [0.1, 0.15) is 42.0 Å². The van der Waals surface area contributed by atoms with Gasteiger partial charge in [0.25, 0.3) is 0 Å². The summed E-state index contributed by atoms with van der Waals surface area (Å²) in [4.78, 5) is 25.9. The number of anilines is 3. The molecule has 1 aromatic carbocycles. The summed E-state index contributed by atoms with van der Waals surface area (Å²) in [6.07, 6.45) is 7.46. The minimum atomic E-state index is -0.585. The third kappa shape index (κ3) is 5.32. The van der Waals surface area contributed by atoms with Gasteiger partial charge >= 0.3 is 0 Å². The zero-order chi connectivity index (χ0) is 26.9. The highest BCUT2D eigenvalue weighted by molar-refractivity contribution is 6.19. The Hall–Kier alpha value is -3.96. The summed E-state index contributed by atoms with van der Waals surface area (Å²) in [6, 6.07) is 5.55. The highest BCUT2D eigenvalue weighted by atomic mass is 16.5. The molecule has 3 fully saturated rings. The largest absolute Gasteiger partial charge is 0.494 e. The Morgan fingerprint density at radius 2 is 2.03 bits per heavy atom. The van der Waals surface area contributed by atoms with E-state index in [0.717, 1.165) is 25.3 Å². The first kappa shape index (κ1) is 25.3. The maximum absolute atomic E-state index is 12.1. The number of benzene rings is 1. The number of carbonyl (C=O) groups is 1. The number of hydrogen-bond acceptors (Lipinski definition) is 9. The molecular weight excluding hydrogens is 496 g/mol. The van der Waals surface area contributed by atoms with E-state index in [1.54, 1.807) is 13.3 Å². The number of morpholine rings is 1. The minimum Gasteiger partial charge on any atom is -0.494 e. The molecule has 0 unspecified atom stereocenters. The van der Waals surface area contributed by atoms with Crippen LogP contribution in [0.25, 0.3) is 11.4 Å². The first-order chi connectivity index (χ1) is 19.0. The molecule has 39 heavy (non-hydrogen) atoms. The van der Waals surface area contributed by atoms with Crippen LogP contribution in [0.3, 0.4) is 0 Å². The molecule has 0 spiro atoms. The molecule has 2 aromatic heterocycles. The van der Waals surface area contributed by atoms with E-state index < -0.39 is 5.91 Å². The zero-order valence-corrected chi connectivity index (χ0v) is 22.2. The van der Waals surface area contributed by atoms with Gasteiger partial charge in [-0.15, -0.1) is 0 Å². The third-order valence-electron chi connectivity index (χ3n) is 7.54. The second-order valence-corrected chi connectivity index (χ2v) is 10.3. The smallest absolute Gasteiger partial charge is 0.248 e. The van der Waals surface area contributed by atoms with E-state index in [1.165, 1.54) is 30.5 Å². The van der Waals surface area contributed by atoms with Crippen LogP contribution in [-0.4, -0.2) is 77.1 Å². The third-order valence-corrected chi connectivity index (χ3v) is 7.54. The van der Waals surface area contributed by atoms with Crippen molar-refractivity contribution in [3.05, 3.63) is 54.0 Å². The fraction of sp³-hybridized carbons (Fsp3) is 0.429. The Bertz CT molecular complexity index is 1390. The standard InChI is InChI=1S/C28H34N8O3/c1-18(27(29)37)21-14-22(24(38-2)15-23(21)35-10-12-39-13-11-35)31-28-30-7-6-25(32-28)36-17-20(16-34-8-3-9-34)26(33-36)19-4-5-19/h6-7,14-15,17,19H,1,3-5,8-13,16H2,2H3,(H2,29,37)(H,30,31,32). The molecule has 0 atom stereocenters. The number of ether oxygens (including phenoxy) is 2. The van der Waals surface area contributed by atoms with E-state index in [0.29, 0.717) is 61.0 Å². The quantitative estimate of drug-likeness (QED) is 0.381. The van der Waals surface area contributed by atoms with Crippen molar-refractivity contribution in [2.24, 2.45) is 5.73 Å². The lowest BCUT2D eigenvalue weighted by molar-refractivity contribution is -0.112. The molecule has 3 N–H and O–H groups in total. The summed E-state index contributed by atoms with van der Waals surface area (Å²) < 4.78 is 13.1. The van der Waals surface area contributed by atoms with Gasteiger partial charge in [-0.2, -0.15) is 10.1 Å². The molecule has 1 aliphatic carbocycles. The highest BCUT2D eigenvalue weighted by Crippen LogP contribution is 2.42. The summed E-state index contributed by atoms with van der Waals surface area (Å²) in [5.41, 5.74) is 10.4. The van der Waals surface area contributed by atoms with E-state index in [1.807, 2.05) is 22.9 Å². The second kappa shape index (κ2) is 10.7. The van der Waals surface area contributed by atoms with E-state index in [9.17, 15) is 4.79 Å². The number of rotatable bonds is 10. The van der Waals surface area contributed by atoms with Gasteiger partial charge in [-0.25, -0.2) is 9.67 Å². The summed E-state index contributed by atoms with van der Waals surface area (Å²) in [5, 5.41) is 8.20. The summed E-state index contributed by atoms with van der Waals surface area (Å²) >= 11 is 0. The molecule has 1 saturated carbocycles. The lowest BCUT2D eigenvalue weighted by atomic mass is 10.0. The van der Waals surface area contributed by atoms with E-state index >= 15 is 0 Å². The monoisotopic (exact) mass is 530 g/mol. The number of aromatic nitrogens is 4. The summed E-state index contributed by atoms with van der Waals surface area (Å²) in [5.74, 6) is 1.60. The molecule has 1 amide bonds. The molecule has 11 heteroatoms. The molecule has 6 rings (SSSR count). The molecule has 3 aromatic rings. The van der Waals surface area contributed by atoms with Crippen molar-refractivity contribution in [1.29, 1.82) is 0 Å². The molecule has 2 aliphatic heterocycles. The highest BCUT2D eigenvalue weighted by Gasteiger charge is 2.31. The van der Waals surface area contributed by atoms with Crippen molar-refractivity contribution < 1.29 is 14.3 Å². The molecule has 0 radical (unpaired) electrons. The number of amides is 1. The number of primary amides is 1. The van der Waals surface area contributed by atoms with Crippen LogP contribution < -0.4 is 20.7 Å². The molecule has 0 bridgehead atoms. The molecule has 204 valence electrons. The maximum Gasteiger partial charge on any atom is 0.248 e. The van der Waals surface area contributed by atoms with Gasteiger partial charge in [-0.1, -0.05) is 6.58 Å². The van der Waals surface area contributed by atoms with Gasteiger partial charge in [0.1, 0.15) is 5.75 Å². The molecule has 11 nitrogen and oxygen atoms in total. The summed E-state index contributed by atoms with van der Waals surface area (Å²) in [6.45, 7) is 9.75. The van der Waals surface area contributed by atoms with Gasteiger partial charge in [-0.3, -0.25) is 9.69 Å². The number of carbonyl (C=O) groups excluding carboxylic acids is 1. The molecule has 3 aliphatic rings. The molecule has 4 heterocycles. The Kier molecular flexibility index (Phi) is 6.92. The van der Waals surface area contributed by atoms with E-state index in [4.69, 9.17) is 25.3 Å². The van der Waals surface area contributed by atoms with Gasteiger partial charge in [0, 0.05) is 72.5 Å². The number of nitrogens with zero attached hydrogens (tertiary/aromatic N) is 6. The van der Waals surface area contributed by atoms with Crippen molar-refractivity contribution in [1.82, 2.24) is 24.6 Å². The predicted molar refractivity (Wildman–Crippen MR) is 149 cm³/mol. The van der Waals surface area contributed by atoms with Crippen LogP contribution >= 0.6 is 0 Å². The fourth-order valence-corrected chi connectivity index (χ4v) is 5.08. The van der Waals surface area contributed by atoms with Crippen LogP contribution in [0, 0.1) is 0 Å². The lowest BCUT2D eigenvalue weighted by Crippen LogP contribution is -2.37. The average molecular weight is 531 g/mol. The predicted octanol–water partition coefficient (Wildman–Crippen LogP) is 2.83. The molecule has 2 saturated heterocycles. The van der Waals surface area contributed by atoms with Crippen molar-refractivity contribution >= 4 is 28.8 Å². The van der Waals surface area contributed by atoms with Crippen LogP contribution in [0.15, 0.2) is 37.2 Å². The van der Waals surface area contributed by atoms with Gasteiger partial charge in [0.2, 0.25) is 11.9 Å².